The highest BCUT2D eigenvalue weighted by Crippen LogP contribution is 2.34. The number of methoxy groups -OCH3 is 1. The van der Waals surface area contributed by atoms with Gasteiger partial charge in [0.15, 0.2) is 4.80 Å². The van der Waals surface area contributed by atoms with E-state index in [2.05, 4.69) is 20.9 Å². The van der Waals surface area contributed by atoms with Gasteiger partial charge < -0.3 is 9.47 Å². The first-order valence-corrected chi connectivity index (χ1v) is 11.7. The Labute approximate surface area is 201 Å². The molecule has 0 radical (unpaired) electrons. The lowest BCUT2D eigenvalue weighted by Gasteiger charge is -2.25. The summed E-state index contributed by atoms with van der Waals surface area (Å²) in [6, 6.07) is 10.5. The van der Waals surface area contributed by atoms with E-state index in [1.54, 1.807) is 45.2 Å². The molecule has 1 aromatic heterocycles. The minimum atomic E-state index is -0.724. The van der Waals surface area contributed by atoms with E-state index in [0.717, 1.165) is 0 Å². The fourth-order valence-corrected chi connectivity index (χ4v) is 5.27. The summed E-state index contributed by atoms with van der Waals surface area (Å²) in [6.07, 6.45) is 1.69. The highest BCUT2D eigenvalue weighted by atomic mass is 79.9. The van der Waals surface area contributed by atoms with Crippen molar-refractivity contribution in [2.45, 2.75) is 19.9 Å². The maximum atomic E-state index is 13.5. The lowest BCUT2D eigenvalue weighted by Crippen LogP contribution is -2.39. The summed E-state index contributed by atoms with van der Waals surface area (Å²) < 4.78 is 26.5. The predicted molar refractivity (Wildman–Crippen MR) is 127 cm³/mol. The van der Waals surface area contributed by atoms with Gasteiger partial charge >= 0.3 is 5.97 Å². The molecule has 0 N–H and O–H groups in total. The maximum Gasteiger partial charge on any atom is 0.338 e. The normalized spacial score (nSPS) is 15.8. The molecule has 0 saturated carbocycles. The number of hydrogen-bond donors (Lipinski definition) is 0. The average molecular weight is 531 g/mol. The zero-order valence-electron chi connectivity index (χ0n) is 18.1. The van der Waals surface area contributed by atoms with E-state index in [-0.39, 0.29) is 18.0 Å². The van der Waals surface area contributed by atoms with Crippen molar-refractivity contribution in [3.05, 3.63) is 94.8 Å². The van der Waals surface area contributed by atoms with E-state index in [0.29, 0.717) is 42.0 Å². The fraction of sp³-hybridized carbons (Fsp3) is 0.208. The Morgan fingerprint density at radius 3 is 2.64 bits per heavy atom. The molecule has 4 rings (SSSR count). The molecule has 0 unspecified atom stereocenters. The molecule has 1 aliphatic heterocycles. The third kappa shape index (κ3) is 4.43. The molecule has 2 aromatic carbocycles. The molecule has 3 aromatic rings. The molecule has 0 amide bonds. The molecule has 0 bridgehead atoms. The molecule has 1 atom stereocenters. The molecule has 1 aliphatic rings. The van der Waals surface area contributed by atoms with Gasteiger partial charge in [-0.05, 0) is 71.2 Å². The number of esters is 1. The van der Waals surface area contributed by atoms with Crippen LogP contribution in [0.15, 0.2) is 68.0 Å². The van der Waals surface area contributed by atoms with Crippen LogP contribution in [0.5, 0.6) is 5.75 Å². The number of allylic oxidation sites excluding steroid dienone is 1. The number of hydrogen-bond acceptors (Lipinski definition) is 6. The largest absolute Gasteiger partial charge is 0.496 e. The van der Waals surface area contributed by atoms with Gasteiger partial charge in [-0.3, -0.25) is 9.36 Å². The van der Waals surface area contributed by atoms with Gasteiger partial charge in [0.2, 0.25) is 0 Å². The van der Waals surface area contributed by atoms with Crippen molar-refractivity contribution in [1.29, 1.82) is 0 Å². The molecule has 6 nitrogen and oxygen atoms in total. The number of nitrogens with zero attached hydrogens (tertiary/aromatic N) is 2. The second kappa shape index (κ2) is 9.44. The summed E-state index contributed by atoms with van der Waals surface area (Å²) in [5, 5.41) is 0. The predicted octanol–water partition coefficient (Wildman–Crippen LogP) is 3.71. The monoisotopic (exact) mass is 530 g/mol. The number of ether oxygens (including phenoxy) is 2. The van der Waals surface area contributed by atoms with Gasteiger partial charge in [-0.1, -0.05) is 29.5 Å². The van der Waals surface area contributed by atoms with Crippen LogP contribution in [-0.4, -0.2) is 24.3 Å². The van der Waals surface area contributed by atoms with Gasteiger partial charge in [0.1, 0.15) is 11.6 Å². The Bertz CT molecular complexity index is 1440. The molecule has 0 saturated heterocycles. The average Bonchev–Trinajstić information content (AvgIpc) is 3.09. The minimum absolute atomic E-state index is 0.198. The number of carbonyl (C=O) groups is 1. The van der Waals surface area contributed by atoms with Gasteiger partial charge in [0, 0.05) is 0 Å². The SMILES string of the molecule is CCOC(=O)C1=C(C)N=c2s/c(=C\c3ccc(F)cc3)c(=O)n2[C@@H]1c1ccc(OC)c(Br)c1. The van der Waals surface area contributed by atoms with Crippen molar-refractivity contribution >= 4 is 39.3 Å². The van der Waals surface area contributed by atoms with Gasteiger partial charge in [0.05, 0.1) is 40.0 Å². The van der Waals surface area contributed by atoms with Crippen LogP contribution in [-0.2, 0) is 9.53 Å². The fourth-order valence-electron chi connectivity index (χ4n) is 3.67. The highest BCUT2D eigenvalue weighted by molar-refractivity contribution is 9.10. The van der Waals surface area contributed by atoms with E-state index < -0.39 is 12.0 Å². The van der Waals surface area contributed by atoms with Gasteiger partial charge in [-0.15, -0.1) is 0 Å². The first-order valence-electron chi connectivity index (χ1n) is 10.1. The lowest BCUT2D eigenvalue weighted by atomic mass is 9.96. The van der Waals surface area contributed by atoms with Crippen LogP contribution < -0.4 is 19.6 Å². The number of carbonyl (C=O) groups excluding carboxylic acids is 1. The number of benzene rings is 2. The van der Waals surface area contributed by atoms with Crippen molar-refractivity contribution < 1.29 is 18.7 Å². The number of aromatic nitrogens is 1. The third-order valence-corrected chi connectivity index (χ3v) is 6.78. The minimum Gasteiger partial charge on any atom is -0.496 e. The summed E-state index contributed by atoms with van der Waals surface area (Å²) in [4.78, 5) is 31.4. The van der Waals surface area contributed by atoms with Crippen LogP contribution in [0.2, 0.25) is 0 Å². The Morgan fingerprint density at radius 1 is 1.27 bits per heavy atom. The Hall–Kier alpha value is -3.04. The van der Waals surface area contributed by atoms with Crippen molar-refractivity contribution in [3.63, 3.8) is 0 Å². The van der Waals surface area contributed by atoms with Gasteiger partial charge in [0.25, 0.3) is 5.56 Å². The van der Waals surface area contributed by atoms with E-state index in [1.165, 1.54) is 28.0 Å². The lowest BCUT2D eigenvalue weighted by molar-refractivity contribution is -0.139. The Kier molecular flexibility index (Phi) is 6.62. The summed E-state index contributed by atoms with van der Waals surface area (Å²) in [7, 11) is 1.56. The third-order valence-electron chi connectivity index (χ3n) is 5.18. The maximum absolute atomic E-state index is 13.5. The second-order valence-electron chi connectivity index (χ2n) is 7.25. The Balaban J connectivity index is 1.96. The van der Waals surface area contributed by atoms with Crippen LogP contribution in [0.3, 0.4) is 0 Å². The van der Waals surface area contributed by atoms with E-state index in [4.69, 9.17) is 9.47 Å². The molecule has 170 valence electrons. The van der Waals surface area contributed by atoms with Crippen molar-refractivity contribution in [3.8, 4) is 5.75 Å². The summed E-state index contributed by atoms with van der Waals surface area (Å²) >= 11 is 4.70. The van der Waals surface area contributed by atoms with Crippen molar-refractivity contribution in [2.75, 3.05) is 13.7 Å². The molecule has 33 heavy (non-hydrogen) atoms. The number of fused-ring (bicyclic) bond motifs is 1. The van der Waals surface area contributed by atoms with E-state index in [9.17, 15) is 14.0 Å². The number of halogens is 2. The van der Waals surface area contributed by atoms with Crippen LogP contribution in [0.4, 0.5) is 4.39 Å². The molecular weight excluding hydrogens is 511 g/mol. The topological polar surface area (TPSA) is 69.9 Å². The molecule has 2 heterocycles. The molecular formula is C24H20BrFN2O4S. The zero-order chi connectivity index (χ0) is 23.7. The van der Waals surface area contributed by atoms with E-state index in [1.807, 2.05) is 12.1 Å². The van der Waals surface area contributed by atoms with Crippen LogP contribution in [0.1, 0.15) is 31.0 Å². The first-order chi connectivity index (χ1) is 15.8. The second-order valence-corrected chi connectivity index (χ2v) is 9.11. The Morgan fingerprint density at radius 2 is 2.00 bits per heavy atom. The smallest absolute Gasteiger partial charge is 0.338 e. The molecule has 9 heteroatoms. The van der Waals surface area contributed by atoms with Crippen molar-refractivity contribution in [2.24, 2.45) is 4.99 Å². The van der Waals surface area contributed by atoms with E-state index >= 15 is 0 Å². The number of thiazole rings is 1. The van der Waals surface area contributed by atoms with Crippen LogP contribution in [0, 0.1) is 5.82 Å². The van der Waals surface area contributed by atoms with Gasteiger partial charge in [-0.25, -0.2) is 14.2 Å². The van der Waals surface area contributed by atoms with Crippen LogP contribution >= 0.6 is 27.3 Å². The molecule has 0 fully saturated rings. The molecule has 0 aliphatic carbocycles. The number of rotatable bonds is 5. The quantitative estimate of drug-likeness (QED) is 0.471. The summed E-state index contributed by atoms with van der Waals surface area (Å²) in [5.74, 6) is -0.252. The summed E-state index contributed by atoms with van der Waals surface area (Å²) in [6.45, 7) is 3.66. The van der Waals surface area contributed by atoms with Crippen molar-refractivity contribution in [1.82, 2.24) is 4.57 Å². The van der Waals surface area contributed by atoms with Gasteiger partial charge in [-0.2, -0.15) is 0 Å². The van der Waals surface area contributed by atoms with Crippen LogP contribution in [0.25, 0.3) is 6.08 Å². The molecule has 0 spiro atoms. The standard InChI is InChI=1S/C24H20BrFN2O4S/c1-4-32-23(30)20-13(2)27-24-28(21(20)15-7-10-18(31-3)17(25)12-15)22(29)19(33-24)11-14-5-8-16(26)9-6-14/h5-12,21H,4H2,1-3H3/b19-11-/t21-/m1/s1. The summed E-state index contributed by atoms with van der Waals surface area (Å²) in [5.41, 5.74) is 1.88. The highest BCUT2D eigenvalue weighted by Gasteiger charge is 2.33. The first kappa shape index (κ1) is 23.1. The zero-order valence-corrected chi connectivity index (χ0v) is 20.5.